The zero-order valence-corrected chi connectivity index (χ0v) is 30.2. The number of aliphatic imine (C=N–C) groups is 2. The standard InChI is InChI=1S/C19H20N6OS.C17H15N5O2S/c1-25(2)16(26)5-3-4-15-24-17-18(21-11-22-19(17)27-15)23-14-7-6-12-9-20-10-13(12)8-14;23-14(24)3-1-2-13-22-15-16(19-9-20-17(15)25-13)21-12-5-4-10-7-18-8-11(10)6-12/h6-8,10-11H,3-5,9H2,1-2H3,(H,21,22,23);4-6,8-9H,1-3,7H2,(H,23,24)(H,19,20,21). The molecule has 14 nitrogen and oxygen atoms in total. The number of thiazole rings is 2. The number of aryl methyl sites for hydroxylation is 2. The molecular formula is C36H35N11O3S2. The van der Waals surface area contributed by atoms with Crippen LogP contribution >= 0.6 is 22.7 Å². The van der Waals surface area contributed by atoms with E-state index in [-0.39, 0.29) is 12.3 Å². The molecule has 52 heavy (non-hydrogen) atoms. The number of carboxylic acids is 1. The van der Waals surface area contributed by atoms with Gasteiger partial charge in [0.2, 0.25) is 5.91 Å². The second-order valence-electron chi connectivity index (χ2n) is 12.4. The summed E-state index contributed by atoms with van der Waals surface area (Å²) in [6.45, 7) is 1.48. The van der Waals surface area contributed by atoms with E-state index >= 15 is 0 Å². The highest BCUT2D eigenvalue weighted by molar-refractivity contribution is 7.18. The number of benzene rings is 2. The van der Waals surface area contributed by atoms with E-state index in [2.05, 4.69) is 63.7 Å². The first-order valence-corrected chi connectivity index (χ1v) is 18.3. The fourth-order valence-electron chi connectivity index (χ4n) is 5.63. The first-order chi connectivity index (χ1) is 25.3. The summed E-state index contributed by atoms with van der Waals surface area (Å²) in [5.41, 5.74) is 8.06. The van der Waals surface area contributed by atoms with Crippen LogP contribution in [0.4, 0.5) is 23.0 Å². The fourth-order valence-corrected chi connectivity index (χ4v) is 7.52. The number of fused-ring (bicyclic) bond motifs is 4. The lowest BCUT2D eigenvalue weighted by Gasteiger charge is -2.08. The monoisotopic (exact) mass is 733 g/mol. The van der Waals surface area contributed by atoms with Gasteiger partial charge in [0.1, 0.15) is 33.3 Å². The number of amides is 1. The van der Waals surface area contributed by atoms with E-state index in [1.807, 2.05) is 30.6 Å². The second-order valence-corrected chi connectivity index (χ2v) is 14.5. The maximum atomic E-state index is 11.7. The third-order valence-electron chi connectivity index (χ3n) is 8.34. The highest BCUT2D eigenvalue weighted by Gasteiger charge is 2.15. The van der Waals surface area contributed by atoms with Gasteiger partial charge >= 0.3 is 5.97 Å². The third kappa shape index (κ3) is 8.24. The van der Waals surface area contributed by atoms with E-state index in [1.54, 1.807) is 36.7 Å². The fraction of sp³-hybridized carbons (Fsp3) is 0.278. The SMILES string of the molecule is CN(C)C(=O)CCCc1nc2c(Nc3ccc4c(c3)C=NC4)ncnc2s1.O=C(O)CCCc1nc2c(Nc3ccc4c(c3)C=NC4)ncnc2s1. The molecule has 0 bridgehead atoms. The number of anilines is 4. The molecule has 0 unspecified atom stereocenters. The van der Waals surface area contributed by atoms with Gasteiger partial charge in [-0.2, -0.15) is 0 Å². The molecule has 6 heterocycles. The Labute approximate surface area is 306 Å². The number of hydrogen-bond donors (Lipinski definition) is 3. The Morgan fingerprint density at radius 1 is 0.731 bits per heavy atom. The van der Waals surface area contributed by atoms with Crippen LogP contribution in [0.2, 0.25) is 0 Å². The molecule has 0 saturated carbocycles. The average Bonchev–Trinajstić information content (AvgIpc) is 3.94. The lowest BCUT2D eigenvalue weighted by Crippen LogP contribution is -2.21. The van der Waals surface area contributed by atoms with Crippen molar-refractivity contribution in [3.8, 4) is 0 Å². The van der Waals surface area contributed by atoms with Crippen LogP contribution in [0.3, 0.4) is 0 Å². The van der Waals surface area contributed by atoms with E-state index in [1.165, 1.54) is 28.8 Å². The van der Waals surface area contributed by atoms with Crippen molar-refractivity contribution in [1.29, 1.82) is 0 Å². The van der Waals surface area contributed by atoms with Crippen molar-refractivity contribution in [1.82, 2.24) is 34.8 Å². The van der Waals surface area contributed by atoms with Gasteiger partial charge in [-0.15, -0.1) is 0 Å². The second kappa shape index (κ2) is 15.7. The Morgan fingerprint density at radius 3 is 1.71 bits per heavy atom. The zero-order valence-electron chi connectivity index (χ0n) is 28.5. The molecule has 0 saturated heterocycles. The Bertz CT molecular complexity index is 2330. The number of hydrogen-bond acceptors (Lipinski definition) is 14. The summed E-state index contributed by atoms with van der Waals surface area (Å²) in [5, 5.41) is 17.2. The van der Waals surface area contributed by atoms with Gasteiger partial charge in [0.05, 0.1) is 23.1 Å². The molecular weight excluding hydrogens is 699 g/mol. The van der Waals surface area contributed by atoms with Crippen molar-refractivity contribution in [2.75, 3.05) is 24.7 Å². The smallest absolute Gasteiger partial charge is 0.303 e. The van der Waals surface area contributed by atoms with Crippen molar-refractivity contribution < 1.29 is 14.7 Å². The van der Waals surface area contributed by atoms with Gasteiger partial charge < -0.3 is 20.6 Å². The van der Waals surface area contributed by atoms with Crippen LogP contribution in [0.5, 0.6) is 0 Å². The van der Waals surface area contributed by atoms with Crippen LogP contribution in [0.15, 0.2) is 59.0 Å². The molecule has 8 rings (SSSR count). The molecule has 3 N–H and O–H groups in total. The number of rotatable bonds is 12. The molecule has 2 aromatic carbocycles. The largest absolute Gasteiger partial charge is 0.481 e. The molecule has 6 aromatic rings. The van der Waals surface area contributed by atoms with Gasteiger partial charge in [-0.05, 0) is 72.2 Å². The first kappa shape index (κ1) is 34.7. The normalized spacial score (nSPS) is 12.4. The number of aliphatic carboxylic acids is 1. The number of carbonyl (C=O) groups is 2. The lowest BCUT2D eigenvalue weighted by atomic mass is 10.1. The van der Waals surface area contributed by atoms with E-state index in [0.29, 0.717) is 36.4 Å². The van der Waals surface area contributed by atoms with E-state index in [9.17, 15) is 9.59 Å². The van der Waals surface area contributed by atoms with Crippen LogP contribution < -0.4 is 10.6 Å². The van der Waals surface area contributed by atoms with E-state index < -0.39 is 5.97 Å². The Hall–Kier alpha value is -5.74. The van der Waals surface area contributed by atoms with Crippen molar-refractivity contribution in [2.24, 2.45) is 9.98 Å². The minimum atomic E-state index is -0.789. The number of carbonyl (C=O) groups excluding carboxylic acids is 1. The summed E-state index contributed by atoms with van der Waals surface area (Å²) in [6.07, 6.45) is 10.2. The topological polar surface area (TPSA) is 184 Å². The van der Waals surface area contributed by atoms with Crippen molar-refractivity contribution >= 4 is 90.7 Å². The summed E-state index contributed by atoms with van der Waals surface area (Å²) < 4.78 is 0. The Balaban J connectivity index is 0.000000162. The van der Waals surface area contributed by atoms with Crippen LogP contribution in [0.1, 0.15) is 58.0 Å². The van der Waals surface area contributed by atoms with Crippen LogP contribution in [0, 0.1) is 0 Å². The predicted molar refractivity (Wildman–Crippen MR) is 205 cm³/mol. The maximum Gasteiger partial charge on any atom is 0.303 e. The van der Waals surface area contributed by atoms with Crippen LogP contribution in [-0.2, 0) is 35.5 Å². The van der Waals surface area contributed by atoms with E-state index in [4.69, 9.17) is 10.1 Å². The Morgan fingerprint density at radius 2 is 1.23 bits per heavy atom. The summed E-state index contributed by atoms with van der Waals surface area (Å²) in [6, 6.07) is 12.3. The number of carboxylic acid groups (broad SMARTS) is 1. The van der Waals surface area contributed by atoms with Crippen molar-refractivity contribution in [2.45, 2.75) is 51.6 Å². The van der Waals surface area contributed by atoms with Gasteiger partial charge in [0.15, 0.2) is 11.6 Å². The van der Waals surface area contributed by atoms with Crippen molar-refractivity contribution in [3.05, 3.63) is 81.3 Å². The van der Waals surface area contributed by atoms with Gasteiger partial charge in [0, 0.05) is 50.7 Å². The first-order valence-electron chi connectivity index (χ1n) is 16.7. The quantitative estimate of drug-likeness (QED) is 0.128. The van der Waals surface area contributed by atoms with Gasteiger partial charge in [0.25, 0.3) is 0 Å². The minimum absolute atomic E-state index is 0.137. The summed E-state index contributed by atoms with van der Waals surface area (Å²) >= 11 is 3.03. The van der Waals surface area contributed by atoms with Crippen molar-refractivity contribution in [3.63, 3.8) is 0 Å². The van der Waals surface area contributed by atoms with E-state index in [0.717, 1.165) is 73.6 Å². The zero-order chi connectivity index (χ0) is 36.0. The molecule has 0 fully saturated rings. The highest BCUT2D eigenvalue weighted by atomic mass is 32.1. The summed E-state index contributed by atoms with van der Waals surface area (Å²) in [5.74, 6) is 0.698. The molecule has 0 atom stereocenters. The Kier molecular flexibility index (Phi) is 10.4. The maximum absolute atomic E-state index is 11.7. The van der Waals surface area contributed by atoms with Crippen LogP contribution in [-0.4, -0.2) is 78.3 Å². The molecule has 0 spiro atoms. The predicted octanol–water partition coefficient (Wildman–Crippen LogP) is 6.34. The number of aromatic nitrogens is 6. The van der Waals surface area contributed by atoms with Gasteiger partial charge in [-0.3, -0.25) is 19.6 Å². The molecule has 0 aliphatic carbocycles. The minimum Gasteiger partial charge on any atom is -0.481 e. The number of nitrogens with one attached hydrogen (secondary N) is 2. The molecule has 16 heteroatoms. The number of nitrogens with zero attached hydrogens (tertiary/aromatic N) is 9. The summed E-state index contributed by atoms with van der Waals surface area (Å²) in [7, 11) is 3.55. The molecule has 1 amide bonds. The van der Waals surface area contributed by atoms with Crippen LogP contribution in [0.25, 0.3) is 20.7 Å². The molecule has 0 radical (unpaired) electrons. The molecule has 4 aromatic heterocycles. The summed E-state index contributed by atoms with van der Waals surface area (Å²) in [4.78, 5) is 60.8. The average molecular weight is 734 g/mol. The highest BCUT2D eigenvalue weighted by Crippen LogP contribution is 2.30. The lowest BCUT2D eigenvalue weighted by molar-refractivity contribution is -0.137. The third-order valence-corrected chi connectivity index (χ3v) is 10.4. The molecule has 264 valence electrons. The van der Waals surface area contributed by atoms with Gasteiger partial charge in [-0.1, -0.05) is 34.8 Å². The van der Waals surface area contributed by atoms with Gasteiger partial charge in [-0.25, -0.2) is 29.9 Å². The molecule has 2 aliphatic rings. The molecule has 2 aliphatic heterocycles.